The Bertz CT molecular complexity index is 302. The van der Waals surface area contributed by atoms with E-state index in [0.717, 1.165) is 22.4 Å². The summed E-state index contributed by atoms with van der Waals surface area (Å²) in [7, 11) is 0. The summed E-state index contributed by atoms with van der Waals surface area (Å²) in [6, 6.07) is 0. The summed E-state index contributed by atoms with van der Waals surface area (Å²) >= 11 is 2.75. The van der Waals surface area contributed by atoms with E-state index in [-0.39, 0.29) is 11.7 Å². The lowest BCUT2D eigenvalue weighted by Gasteiger charge is -1.95. The Hall–Kier alpha value is -0.820. The minimum Gasteiger partial charge on any atom is -0.369 e. The van der Waals surface area contributed by atoms with E-state index in [1.807, 2.05) is 0 Å². The maximum absolute atomic E-state index is 10.5. The lowest BCUT2D eigenvalue weighted by molar-refractivity contribution is -0.115. The summed E-state index contributed by atoms with van der Waals surface area (Å²) in [6.45, 7) is 2.96. The molecule has 0 unspecified atom stereocenters. The van der Waals surface area contributed by atoms with E-state index >= 15 is 0 Å². The number of thioether (sulfide) groups is 1. The molecule has 1 aromatic heterocycles. The van der Waals surface area contributed by atoms with E-state index in [0.29, 0.717) is 0 Å². The molecule has 5 nitrogen and oxygen atoms in total. The van der Waals surface area contributed by atoms with Gasteiger partial charge in [0, 0.05) is 6.54 Å². The SMILES string of the molecule is CCCNc1nnc(SCC(N)=O)s1. The minimum absolute atomic E-state index is 0.252. The summed E-state index contributed by atoms with van der Waals surface area (Å²) < 4.78 is 0.766. The Balaban J connectivity index is 2.38. The van der Waals surface area contributed by atoms with Crippen LogP contribution < -0.4 is 11.1 Å². The molecule has 78 valence electrons. The molecule has 0 aromatic carbocycles. The van der Waals surface area contributed by atoms with Crippen LogP contribution >= 0.6 is 23.1 Å². The van der Waals surface area contributed by atoms with Crippen LogP contribution in [-0.4, -0.2) is 28.4 Å². The fourth-order valence-corrected chi connectivity index (χ4v) is 2.22. The summed E-state index contributed by atoms with van der Waals surface area (Å²) in [4.78, 5) is 10.5. The molecule has 0 saturated carbocycles. The number of hydrogen-bond acceptors (Lipinski definition) is 6. The first-order valence-corrected chi connectivity index (χ1v) is 6.01. The van der Waals surface area contributed by atoms with Gasteiger partial charge in [-0.15, -0.1) is 10.2 Å². The molecule has 0 aliphatic heterocycles. The molecule has 0 spiro atoms. The number of rotatable bonds is 6. The second kappa shape index (κ2) is 5.82. The maximum Gasteiger partial charge on any atom is 0.227 e. The second-order valence-electron chi connectivity index (χ2n) is 2.55. The maximum atomic E-state index is 10.5. The molecule has 0 aliphatic carbocycles. The molecule has 3 N–H and O–H groups in total. The average molecular weight is 232 g/mol. The number of nitrogens with one attached hydrogen (secondary N) is 1. The highest BCUT2D eigenvalue weighted by Crippen LogP contribution is 2.24. The predicted molar refractivity (Wildman–Crippen MR) is 58.6 cm³/mol. The van der Waals surface area contributed by atoms with Gasteiger partial charge in [-0.1, -0.05) is 30.0 Å². The molecule has 1 rings (SSSR count). The van der Waals surface area contributed by atoms with E-state index in [4.69, 9.17) is 5.73 Å². The molecule has 0 saturated heterocycles. The van der Waals surface area contributed by atoms with Gasteiger partial charge in [0.1, 0.15) is 0 Å². The molecule has 1 aromatic rings. The van der Waals surface area contributed by atoms with Gasteiger partial charge in [-0.25, -0.2) is 0 Å². The molecule has 0 radical (unpaired) electrons. The Labute approximate surface area is 90.5 Å². The normalized spacial score (nSPS) is 10.1. The molecule has 0 aliphatic rings. The van der Waals surface area contributed by atoms with Crippen LogP contribution in [0, 0.1) is 0 Å². The quantitative estimate of drug-likeness (QED) is 0.713. The highest BCUT2D eigenvalue weighted by atomic mass is 32.2. The molecule has 0 bridgehead atoms. The van der Waals surface area contributed by atoms with Crippen molar-refractivity contribution in [1.29, 1.82) is 0 Å². The van der Waals surface area contributed by atoms with Crippen LogP contribution in [0.1, 0.15) is 13.3 Å². The fourth-order valence-electron chi connectivity index (χ4n) is 0.704. The summed E-state index contributed by atoms with van der Waals surface area (Å²) in [5.41, 5.74) is 5.01. The summed E-state index contributed by atoms with van der Waals surface area (Å²) in [5.74, 6) is -0.0872. The number of amides is 1. The predicted octanol–water partition coefficient (Wildman–Crippen LogP) is 0.937. The first-order valence-electron chi connectivity index (χ1n) is 4.21. The third-order valence-electron chi connectivity index (χ3n) is 1.27. The van der Waals surface area contributed by atoms with Crippen LogP contribution in [0.15, 0.2) is 4.34 Å². The third-order valence-corrected chi connectivity index (χ3v) is 3.31. The van der Waals surface area contributed by atoms with Crippen molar-refractivity contribution in [1.82, 2.24) is 10.2 Å². The van der Waals surface area contributed by atoms with Crippen LogP contribution in [0.25, 0.3) is 0 Å². The monoisotopic (exact) mass is 232 g/mol. The summed E-state index contributed by atoms with van der Waals surface area (Å²) in [6.07, 6.45) is 1.04. The van der Waals surface area contributed by atoms with Crippen LogP contribution in [0.5, 0.6) is 0 Å². The smallest absolute Gasteiger partial charge is 0.227 e. The molecule has 0 atom stereocenters. The van der Waals surface area contributed by atoms with E-state index in [9.17, 15) is 4.79 Å². The van der Waals surface area contributed by atoms with Gasteiger partial charge in [0.15, 0.2) is 4.34 Å². The van der Waals surface area contributed by atoms with Crippen LogP contribution in [-0.2, 0) is 4.79 Å². The van der Waals surface area contributed by atoms with Gasteiger partial charge in [0.25, 0.3) is 0 Å². The van der Waals surface area contributed by atoms with E-state index < -0.39 is 0 Å². The largest absolute Gasteiger partial charge is 0.369 e. The number of carbonyl (C=O) groups is 1. The number of hydrogen-bond donors (Lipinski definition) is 2. The standard InChI is InChI=1S/C7H12N4OS2/c1-2-3-9-6-10-11-7(14-6)13-4-5(8)12/h2-4H2,1H3,(H2,8,12)(H,9,10). The Morgan fingerprint density at radius 1 is 1.64 bits per heavy atom. The van der Waals surface area contributed by atoms with Gasteiger partial charge in [-0.2, -0.15) is 0 Å². The van der Waals surface area contributed by atoms with Gasteiger partial charge in [-0.3, -0.25) is 4.79 Å². The summed E-state index contributed by atoms with van der Waals surface area (Å²) in [5, 5.41) is 11.7. The second-order valence-corrected chi connectivity index (χ2v) is 4.75. The van der Waals surface area contributed by atoms with Crippen molar-refractivity contribution < 1.29 is 4.79 Å². The Morgan fingerprint density at radius 2 is 2.43 bits per heavy atom. The van der Waals surface area contributed by atoms with Crippen LogP contribution in [0.4, 0.5) is 5.13 Å². The van der Waals surface area contributed by atoms with E-state index in [1.54, 1.807) is 0 Å². The number of carbonyl (C=O) groups excluding carboxylic acids is 1. The molecule has 7 heteroatoms. The number of primary amides is 1. The molecular formula is C7H12N4OS2. The van der Waals surface area contributed by atoms with E-state index in [1.165, 1.54) is 23.1 Å². The zero-order chi connectivity index (χ0) is 10.4. The first kappa shape index (κ1) is 11.3. The van der Waals surface area contributed by atoms with Gasteiger partial charge < -0.3 is 11.1 Å². The highest BCUT2D eigenvalue weighted by Gasteiger charge is 2.05. The number of anilines is 1. The molecule has 0 fully saturated rings. The molecule has 1 heterocycles. The molecular weight excluding hydrogens is 220 g/mol. The van der Waals surface area contributed by atoms with Gasteiger partial charge in [0.2, 0.25) is 11.0 Å². The molecule has 14 heavy (non-hydrogen) atoms. The van der Waals surface area contributed by atoms with Gasteiger partial charge >= 0.3 is 0 Å². The zero-order valence-corrected chi connectivity index (χ0v) is 9.45. The number of nitrogens with zero attached hydrogens (tertiary/aromatic N) is 2. The van der Waals surface area contributed by atoms with Crippen molar-refractivity contribution in [2.75, 3.05) is 17.6 Å². The first-order chi connectivity index (χ1) is 6.72. The highest BCUT2D eigenvalue weighted by molar-refractivity contribution is 8.01. The Kier molecular flexibility index (Phi) is 4.68. The number of aromatic nitrogens is 2. The van der Waals surface area contributed by atoms with Gasteiger partial charge in [-0.05, 0) is 6.42 Å². The van der Waals surface area contributed by atoms with Crippen molar-refractivity contribution in [3.8, 4) is 0 Å². The van der Waals surface area contributed by atoms with Crippen LogP contribution in [0.2, 0.25) is 0 Å². The fraction of sp³-hybridized carbons (Fsp3) is 0.571. The average Bonchev–Trinajstić information content (AvgIpc) is 2.59. The third kappa shape index (κ3) is 3.93. The van der Waals surface area contributed by atoms with E-state index in [2.05, 4.69) is 22.4 Å². The molecule has 1 amide bonds. The lowest BCUT2D eigenvalue weighted by Crippen LogP contribution is -2.12. The van der Waals surface area contributed by atoms with Crippen molar-refractivity contribution in [3.05, 3.63) is 0 Å². The minimum atomic E-state index is -0.340. The lowest BCUT2D eigenvalue weighted by atomic mass is 10.5. The van der Waals surface area contributed by atoms with Crippen molar-refractivity contribution in [3.63, 3.8) is 0 Å². The van der Waals surface area contributed by atoms with Crippen molar-refractivity contribution in [2.24, 2.45) is 5.73 Å². The number of nitrogens with two attached hydrogens (primary N) is 1. The Morgan fingerprint density at radius 3 is 3.07 bits per heavy atom. The zero-order valence-electron chi connectivity index (χ0n) is 7.82. The van der Waals surface area contributed by atoms with Crippen molar-refractivity contribution >= 4 is 34.1 Å². The topological polar surface area (TPSA) is 80.9 Å². The van der Waals surface area contributed by atoms with Crippen LogP contribution in [0.3, 0.4) is 0 Å². The van der Waals surface area contributed by atoms with Crippen molar-refractivity contribution in [2.45, 2.75) is 17.7 Å². The van der Waals surface area contributed by atoms with Gasteiger partial charge in [0.05, 0.1) is 5.75 Å².